The van der Waals surface area contributed by atoms with Crippen molar-refractivity contribution in [1.29, 1.82) is 0 Å². The van der Waals surface area contributed by atoms with Gasteiger partial charge in [-0.2, -0.15) is 5.10 Å². The van der Waals surface area contributed by atoms with Crippen molar-refractivity contribution in [2.45, 2.75) is 30.7 Å². The van der Waals surface area contributed by atoms with E-state index in [0.29, 0.717) is 0 Å². The van der Waals surface area contributed by atoms with Gasteiger partial charge in [0.1, 0.15) is 10.4 Å². The summed E-state index contributed by atoms with van der Waals surface area (Å²) in [5.74, 6) is 1.76. The molecule has 1 aliphatic rings. The lowest BCUT2D eigenvalue weighted by Crippen LogP contribution is -2.16. The molecule has 0 aliphatic carbocycles. The Kier molecular flexibility index (Phi) is 4.19. The second-order valence-corrected chi connectivity index (χ2v) is 7.70. The maximum atomic E-state index is 4.75. The van der Waals surface area contributed by atoms with Crippen LogP contribution in [0.25, 0.3) is 16.9 Å². The van der Waals surface area contributed by atoms with Gasteiger partial charge in [-0.1, -0.05) is 6.92 Å². The molecular formula is C15H17N7S2. The lowest BCUT2D eigenvalue weighted by molar-refractivity contribution is 0.973. The molecule has 124 valence electrons. The van der Waals surface area contributed by atoms with Crippen LogP contribution in [0, 0.1) is 0 Å². The summed E-state index contributed by atoms with van der Waals surface area (Å²) in [4.78, 5) is 9.33. The highest BCUT2D eigenvalue weighted by Gasteiger charge is 2.20. The highest BCUT2D eigenvalue weighted by Crippen LogP contribution is 2.30. The summed E-state index contributed by atoms with van der Waals surface area (Å²) < 4.78 is 6.47. The molecule has 3 aromatic rings. The molecule has 0 fully saturated rings. The molecule has 0 bridgehead atoms. The van der Waals surface area contributed by atoms with Crippen LogP contribution in [-0.2, 0) is 0 Å². The third kappa shape index (κ3) is 2.89. The van der Waals surface area contributed by atoms with Crippen LogP contribution < -0.4 is 5.32 Å². The van der Waals surface area contributed by atoms with Crippen molar-refractivity contribution < 1.29 is 0 Å². The summed E-state index contributed by atoms with van der Waals surface area (Å²) in [5.41, 5.74) is 3.96. The summed E-state index contributed by atoms with van der Waals surface area (Å²) in [6, 6.07) is 0. The molecule has 3 aromatic heterocycles. The maximum absolute atomic E-state index is 4.75. The van der Waals surface area contributed by atoms with E-state index in [1.807, 2.05) is 25.5 Å². The number of aromatic amines is 1. The SMILES string of the molecule is CCSc1cn2c(-c3cn[nH]c3)cnc2c(NC2CC(C)=NS2)n1. The Bertz CT molecular complexity index is 885. The van der Waals surface area contributed by atoms with Crippen molar-refractivity contribution in [2.75, 3.05) is 11.1 Å². The second kappa shape index (κ2) is 6.48. The number of nitrogens with zero attached hydrogens (tertiary/aromatic N) is 5. The Morgan fingerprint density at radius 2 is 2.38 bits per heavy atom. The maximum Gasteiger partial charge on any atom is 0.180 e. The van der Waals surface area contributed by atoms with Gasteiger partial charge >= 0.3 is 0 Å². The first kappa shape index (κ1) is 15.5. The van der Waals surface area contributed by atoms with Gasteiger partial charge in [0, 0.05) is 30.1 Å². The average Bonchev–Trinajstić information content (AvgIpc) is 3.28. The first-order valence-corrected chi connectivity index (χ1v) is 9.52. The molecule has 1 unspecified atom stereocenters. The zero-order valence-electron chi connectivity index (χ0n) is 13.4. The highest BCUT2D eigenvalue weighted by atomic mass is 32.2. The number of H-pyrrole nitrogens is 1. The number of hydrogen-bond acceptors (Lipinski definition) is 7. The number of aromatic nitrogens is 5. The number of thioether (sulfide) groups is 1. The molecule has 7 nitrogen and oxygen atoms in total. The first-order chi connectivity index (χ1) is 11.7. The van der Waals surface area contributed by atoms with E-state index in [2.05, 4.69) is 36.2 Å². The Hall–Kier alpha value is -2.00. The summed E-state index contributed by atoms with van der Waals surface area (Å²) in [7, 11) is 0. The van der Waals surface area contributed by atoms with E-state index < -0.39 is 0 Å². The monoisotopic (exact) mass is 359 g/mol. The van der Waals surface area contributed by atoms with Gasteiger partial charge in [0.25, 0.3) is 0 Å². The van der Waals surface area contributed by atoms with Crippen molar-refractivity contribution in [3.63, 3.8) is 0 Å². The summed E-state index contributed by atoms with van der Waals surface area (Å²) in [6.45, 7) is 4.17. The molecule has 9 heteroatoms. The predicted octanol–water partition coefficient (Wildman–Crippen LogP) is 3.48. The minimum Gasteiger partial charge on any atom is -0.353 e. The van der Waals surface area contributed by atoms with E-state index in [0.717, 1.165) is 45.6 Å². The van der Waals surface area contributed by atoms with E-state index in [9.17, 15) is 0 Å². The Balaban J connectivity index is 1.77. The van der Waals surface area contributed by atoms with Crippen molar-refractivity contribution in [1.82, 2.24) is 24.6 Å². The second-order valence-electron chi connectivity index (χ2n) is 5.45. The van der Waals surface area contributed by atoms with E-state index in [4.69, 9.17) is 4.98 Å². The highest BCUT2D eigenvalue weighted by molar-refractivity contribution is 7.99. The average molecular weight is 359 g/mol. The molecule has 4 rings (SSSR count). The topological polar surface area (TPSA) is 83.3 Å². The quantitative estimate of drug-likeness (QED) is 0.536. The summed E-state index contributed by atoms with van der Waals surface area (Å²) in [5, 5.41) is 11.6. The molecule has 0 spiro atoms. The molecule has 0 saturated carbocycles. The Morgan fingerprint density at radius 3 is 3.08 bits per heavy atom. The first-order valence-electron chi connectivity index (χ1n) is 7.70. The third-order valence-corrected chi connectivity index (χ3v) is 5.41. The van der Waals surface area contributed by atoms with Crippen LogP contribution in [0.5, 0.6) is 0 Å². The van der Waals surface area contributed by atoms with E-state index in [-0.39, 0.29) is 5.37 Å². The lowest BCUT2D eigenvalue weighted by atomic mass is 10.3. The van der Waals surface area contributed by atoms with Gasteiger partial charge in [0.15, 0.2) is 11.5 Å². The standard InChI is InChI=1S/C15H17N7S2/c1-3-23-13-8-22-11(10-5-17-18-6-10)7-16-15(22)14(20-13)19-12-4-9(2)21-24-12/h5-8,12H,3-4H2,1-2H3,(H,17,18)(H,19,20). The fraction of sp³-hybridized carbons (Fsp3) is 0.333. The fourth-order valence-corrected chi connectivity index (χ4v) is 4.10. The summed E-state index contributed by atoms with van der Waals surface area (Å²) >= 11 is 3.27. The molecule has 0 saturated heterocycles. The Labute approximate surface area is 147 Å². The zero-order chi connectivity index (χ0) is 16.5. The molecular weight excluding hydrogens is 342 g/mol. The molecule has 1 atom stereocenters. The molecule has 1 aliphatic heterocycles. The van der Waals surface area contributed by atoms with E-state index >= 15 is 0 Å². The van der Waals surface area contributed by atoms with Crippen molar-refractivity contribution >= 4 is 40.9 Å². The van der Waals surface area contributed by atoms with E-state index in [1.165, 1.54) is 0 Å². The van der Waals surface area contributed by atoms with Crippen molar-refractivity contribution in [3.05, 3.63) is 24.8 Å². The number of nitrogens with one attached hydrogen (secondary N) is 2. The number of rotatable bonds is 5. The minimum absolute atomic E-state index is 0.206. The van der Waals surface area contributed by atoms with Crippen molar-refractivity contribution in [2.24, 2.45) is 4.40 Å². The van der Waals surface area contributed by atoms with Crippen LogP contribution in [0.15, 0.2) is 34.2 Å². The molecule has 4 heterocycles. The lowest BCUT2D eigenvalue weighted by Gasteiger charge is -2.13. The third-order valence-electron chi connectivity index (χ3n) is 3.67. The largest absolute Gasteiger partial charge is 0.353 e. The van der Waals surface area contributed by atoms with Gasteiger partial charge in [-0.05, 0) is 24.6 Å². The van der Waals surface area contributed by atoms with Gasteiger partial charge in [-0.15, -0.1) is 11.8 Å². The summed E-state index contributed by atoms with van der Waals surface area (Å²) in [6.07, 6.45) is 8.48. The van der Waals surface area contributed by atoms with Gasteiger partial charge < -0.3 is 5.32 Å². The van der Waals surface area contributed by atoms with Gasteiger partial charge in [0.2, 0.25) is 0 Å². The molecule has 0 aromatic carbocycles. The number of imidazole rings is 1. The molecule has 0 amide bonds. The Morgan fingerprint density at radius 1 is 1.46 bits per heavy atom. The number of fused-ring (bicyclic) bond motifs is 1. The fourth-order valence-electron chi connectivity index (χ4n) is 2.61. The van der Waals surface area contributed by atoms with Gasteiger partial charge in [0.05, 0.1) is 18.1 Å². The minimum atomic E-state index is 0.206. The number of hydrogen-bond donors (Lipinski definition) is 2. The van der Waals surface area contributed by atoms with Crippen LogP contribution in [-0.4, -0.2) is 41.4 Å². The molecule has 0 radical (unpaired) electrons. The number of anilines is 1. The van der Waals surface area contributed by atoms with Crippen molar-refractivity contribution in [3.8, 4) is 11.3 Å². The smallest absolute Gasteiger partial charge is 0.180 e. The zero-order valence-corrected chi connectivity index (χ0v) is 15.0. The van der Waals surface area contributed by atoms with Crippen LogP contribution >= 0.6 is 23.7 Å². The molecule has 24 heavy (non-hydrogen) atoms. The van der Waals surface area contributed by atoms with Crippen LogP contribution in [0.2, 0.25) is 0 Å². The van der Waals surface area contributed by atoms with Crippen LogP contribution in [0.1, 0.15) is 20.3 Å². The van der Waals surface area contributed by atoms with Gasteiger partial charge in [-0.3, -0.25) is 9.50 Å². The normalized spacial score (nSPS) is 17.4. The van der Waals surface area contributed by atoms with Crippen LogP contribution in [0.3, 0.4) is 0 Å². The van der Waals surface area contributed by atoms with Gasteiger partial charge in [-0.25, -0.2) is 14.4 Å². The predicted molar refractivity (Wildman–Crippen MR) is 99.7 cm³/mol. The van der Waals surface area contributed by atoms with Crippen LogP contribution in [0.4, 0.5) is 5.82 Å². The van der Waals surface area contributed by atoms with E-state index in [1.54, 1.807) is 29.9 Å². The molecule has 2 N–H and O–H groups in total.